The molecule has 5 nitrogen and oxygen atoms in total. The first-order valence-corrected chi connectivity index (χ1v) is 14.8. The molecule has 0 spiro atoms. The highest BCUT2D eigenvalue weighted by Gasteiger charge is 2.50. The largest absolute Gasteiger partial charge is 0.417 e. The van der Waals surface area contributed by atoms with Crippen LogP contribution in [0.25, 0.3) is 11.1 Å². The standard InChI is InChI=1S/C29H27Cl2F3N2O3S/c1-39-18-25-27(20-13-11-19(12-14-20)21-7-6-9-23(30)28(21)31)24-17-35(15-4-5-16-36(24)25)40(37,38)26-10-3-2-8-22(26)29(32,33)34/h2-14,24-25,27H,15-18H2,1H3/b5-4-/t24-,25+,27-/m0/s1. The van der Waals surface area contributed by atoms with Crippen molar-refractivity contribution in [2.24, 2.45) is 0 Å². The van der Waals surface area contributed by atoms with Gasteiger partial charge in [0, 0.05) is 50.3 Å². The van der Waals surface area contributed by atoms with Crippen molar-refractivity contribution in [1.82, 2.24) is 9.21 Å². The highest BCUT2D eigenvalue weighted by atomic mass is 35.5. The molecule has 2 aliphatic heterocycles. The number of alkyl halides is 3. The SMILES string of the molecule is COC[C@@H]1[C@@H](c2ccc(-c3cccc(Cl)c3Cl)cc2)[C@@H]2CN(S(=O)(=O)c3ccccc3C(F)(F)F)C/C=C\CN12. The number of ether oxygens (including phenoxy) is 1. The van der Waals surface area contributed by atoms with Gasteiger partial charge in [0.1, 0.15) is 0 Å². The summed E-state index contributed by atoms with van der Waals surface area (Å²) >= 11 is 12.6. The molecule has 0 unspecified atom stereocenters. The number of rotatable bonds is 6. The fourth-order valence-corrected chi connectivity index (χ4v) is 7.69. The van der Waals surface area contributed by atoms with E-state index in [0.717, 1.165) is 33.1 Å². The first kappa shape index (κ1) is 29.1. The minimum absolute atomic E-state index is 0.0211. The first-order valence-electron chi connectivity index (χ1n) is 12.6. The summed E-state index contributed by atoms with van der Waals surface area (Å²) in [4.78, 5) is 1.40. The highest BCUT2D eigenvalue weighted by molar-refractivity contribution is 7.89. The van der Waals surface area contributed by atoms with E-state index in [0.29, 0.717) is 23.2 Å². The van der Waals surface area contributed by atoms with E-state index in [-0.39, 0.29) is 31.1 Å². The summed E-state index contributed by atoms with van der Waals surface area (Å²) < 4.78 is 75.1. The number of benzene rings is 3. The number of halogens is 5. The lowest BCUT2D eigenvalue weighted by Crippen LogP contribution is -2.67. The van der Waals surface area contributed by atoms with Crippen LogP contribution in [-0.2, 0) is 20.9 Å². The average molecular weight is 612 g/mol. The Morgan fingerprint density at radius 2 is 1.65 bits per heavy atom. The van der Waals surface area contributed by atoms with Gasteiger partial charge in [-0.15, -0.1) is 0 Å². The second-order valence-electron chi connectivity index (χ2n) is 9.82. The molecule has 3 atom stereocenters. The Labute approximate surface area is 241 Å². The molecule has 0 radical (unpaired) electrons. The van der Waals surface area contributed by atoms with Crippen LogP contribution in [0.5, 0.6) is 0 Å². The van der Waals surface area contributed by atoms with Crippen LogP contribution in [0.2, 0.25) is 10.0 Å². The maximum absolute atomic E-state index is 13.7. The fraction of sp³-hybridized carbons (Fsp3) is 0.310. The van der Waals surface area contributed by atoms with Gasteiger partial charge in [-0.3, -0.25) is 4.90 Å². The predicted molar refractivity (Wildman–Crippen MR) is 150 cm³/mol. The number of hydrogen-bond donors (Lipinski definition) is 0. The van der Waals surface area contributed by atoms with Crippen LogP contribution in [0, 0.1) is 0 Å². The number of fused-ring (bicyclic) bond motifs is 1. The summed E-state index contributed by atoms with van der Waals surface area (Å²) in [5.74, 6) is -0.106. The Morgan fingerprint density at radius 3 is 2.35 bits per heavy atom. The molecule has 0 aliphatic carbocycles. The summed E-state index contributed by atoms with van der Waals surface area (Å²) in [5, 5.41) is 0.907. The third-order valence-electron chi connectivity index (χ3n) is 7.57. The zero-order valence-electron chi connectivity index (χ0n) is 21.5. The molecule has 11 heteroatoms. The topological polar surface area (TPSA) is 49.9 Å². The van der Waals surface area contributed by atoms with Crippen molar-refractivity contribution in [3.8, 4) is 11.1 Å². The number of methoxy groups -OCH3 is 1. The molecule has 1 saturated heterocycles. The van der Waals surface area contributed by atoms with E-state index >= 15 is 0 Å². The van der Waals surface area contributed by atoms with Crippen LogP contribution in [-0.4, -0.2) is 63.1 Å². The maximum Gasteiger partial charge on any atom is 0.417 e. The quantitative estimate of drug-likeness (QED) is 0.291. The lowest BCUT2D eigenvalue weighted by atomic mass is 9.74. The third kappa shape index (κ3) is 5.43. The predicted octanol–water partition coefficient (Wildman–Crippen LogP) is 6.72. The van der Waals surface area contributed by atoms with E-state index in [9.17, 15) is 21.6 Å². The second-order valence-corrected chi connectivity index (χ2v) is 12.5. The summed E-state index contributed by atoms with van der Waals surface area (Å²) in [6.07, 6.45) is -1.26. The molecule has 0 amide bonds. The van der Waals surface area contributed by atoms with Crippen LogP contribution in [0.4, 0.5) is 13.2 Å². The van der Waals surface area contributed by atoms with Gasteiger partial charge in [-0.05, 0) is 29.3 Å². The molecular formula is C29H27Cl2F3N2O3S. The van der Waals surface area contributed by atoms with Gasteiger partial charge in [-0.2, -0.15) is 17.5 Å². The minimum Gasteiger partial charge on any atom is -0.383 e. The molecule has 0 bridgehead atoms. The zero-order valence-corrected chi connectivity index (χ0v) is 23.8. The summed E-state index contributed by atoms with van der Waals surface area (Å²) in [5.41, 5.74) is 1.48. The summed E-state index contributed by atoms with van der Waals surface area (Å²) in [6, 6.07) is 17.3. The Kier molecular flexibility index (Phi) is 8.34. The van der Waals surface area contributed by atoms with E-state index in [1.165, 1.54) is 12.1 Å². The highest BCUT2D eigenvalue weighted by Crippen LogP contribution is 2.44. The summed E-state index contributed by atoms with van der Waals surface area (Å²) in [6.45, 7) is 1.01. The van der Waals surface area contributed by atoms with Crippen LogP contribution in [0.1, 0.15) is 17.0 Å². The average Bonchev–Trinajstić information content (AvgIpc) is 2.91. The van der Waals surface area contributed by atoms with Crippen molar-refractivity contribution in [3.63, 3.8) is 0 Å². The van der Waals surface area contributed by atoms with Crippen LogP contribution < -0.4 is 0 Å². The van der Waals surface area contributed by atoms with Crippen LogP contribution in [0.15, 0.2) is 83.8 Å². The van der Waals surface area contributed by atoms with Crippen molar-refractivity contribution in [3.05, 3.63) is 100 Å². The normalized spacial score (nSPS) is 23.1. The van der Waals surface area contributed by atoms with Gasteiger partial charge in [-0.25, -0.2) is 8.42 Å². The Bertz CT molecular complexity index is 1510. The Morgan fingerprint density at radius 1 is 0.950 bits per heavy atom. The van der Waals surface area contributed by atoms with Crippen LogP contribution >= 0.6 is 23.2 Å². The van der Waals surface area contributed by atoms with E-state index in [1.54, 1.807) is 19.3 Å². The van der Waals surface area contributed by atoms with E-state index < -0.39 is 26.7 Å². The number of hydrogen-bond acceptors (Lipinski definition) is 4. The van der Waals surface area contributed by atoms with Crippen molar-refractivity contribution >= 4 is 33.2 Å². The number of nitrogens with zero attached hydrogens (tertiary/aromatic N) is 2. The lowest BCUT2D eigenvalue weighted by Gasteiger charge is -2.56. The van der Waals surface area contributed by atoms with Gasteiger partial charge in [0.15, 0.2) is 0 Å². The fourth-order valence-electron chi connectivity index (χ4n) is 5.66. The molecular weight excluding hydrogens is 584 g/mol. The maximum atomic E-state index is 13.7. The van der Waals surface area contributed by atoms with Crippen molar-refractivity contribution in [2.75, 3.05) is 33.4 Å². The molecule has 5 rings (SSSR count). The van der Waals surface area contributed by atoms with E-state index in [2.05, 4.69) is 4.90 Å². The molecule has 1 fully saturated rings. The molecule has 3 aromatic rings. The minimum atomic E-state index is -4.80. The van der Waals surface area contributed by atoms with E-state index in [4.69, 9.17) is 27.9 Å². The van der Waals surface area contributed by atoms with Gasteiger partial charge in [0.25, 0.3) is 0 Å². The van der Waals surface area contributed by atoms with Gasteiger partial charge in [-0.1, -0.05) is 83.9 Å². The van der Waals surface area contributed by atoms with Crippen molar-refractivity contribution in [2.45, 2.75) is 29.1 Å². The third-order valence-corrected chi connectivity index (χ3v) is 10.3. The number of sulfonamides is 1. The van der Waals surface area contributed by atoms with Gasteiger partial charge < -0.3 is 4.74 Å². The molecule has 212 valence electrons. The zero-order chi connectivity index (χ0) is 28.7. The second kappa shape index (κ2) is 11.5. The molecule has 2 aliphatic rings. The molecule has 0 aromatic heterocycles. The molecule has 3 aromatic carbocycles. The lowest BCUT2D eigenvalue weighted by molar-refractivity contribution is -0.139. The monoisotopic (exact) mass is 610 g/mol. The van der Waals surface area contributed by atoms with Crippen LogP contribution in [0.3, 0.4) is 0 Å². The molecule has 0 saturated carbocycles. The summed E-state index contributed by atoms with van der Waals surface area (Å²) in [7, 11) is -2.84. The van der Waals surface area contributed by atoms with Gasteiger partial charge >= 0.3 is 6.18 Å². The molecule has 0 N–H and O–H groups in total. The van der Waals surface area contributed by atoms with Gasteiger partial charge in [0.05, 0.1) is 27.1 Å². The molecule has 40 heavy (non-hydrogen) atoms. The smallest absolute Gasteiger partial charge is 0.383 e. The van der Waals surface area contributed by atoms with Crippen molar-refractivity contribution < 1.29 is 26.3 Å². The first-order chi connectivity index (χ1) is 19.0. The molecule has 2 heterocycles. The van der Waals surface area contributed by atoms with Crippen molar-refractivity contribution in [1.29, 1.82) is 0 Å². The van der Waals surface area contributed by atoms with E-state index in [1.807, 2.05) is 42.5 Å². The Balaban J connectivity index is 1.48. The van der Waals surface area contributed by atoms with Gasteiger partial charge in [0.2, 0.25) is 10.0 Å². The Hall–Kier alpha value is -2.40.